The van der Waals surface area contributed by atoms with Crippen molar-refractivity contribution in [1.82, 2.24) is 10.2 Å². The predicted octanol–water partition coefficient (Wildman–Crippen LogP) is 2.37. The number of ether oxygens (including phenoxy) is 1. The molecule has 0 spiro atoms. The Bertz CT molecular complexity index is 811. The molecule has 1 saturated heterocycles. The first-order chi connectivity index (χ1) is 14.6. The van der Waals surface area contributed by atoms with E-state index in [0.29, 0.717) is 17.9 Å². The van der Waals surface area contributed by atoms with Crippen molar-refractivity contribution in [2.75, 3.05) is 43.1 Å². The highest BCUT2D eigenvalue weighted by atomic mass is 32.2. The Balaban J connectivity index is 1.37. The van der Waals surface area contributed by atoms with E-state index in [1.165, 1.54) is 0 Å². The Morgan fingerprint density at radius 3 is 2.47 bits per heavy atom. The molecule has 0 aliphatic carbocycles. The lowest BCUT2D eigenvalue weighted by Crippen LogP contribution is -2.38. The number of urea groups is 1. The first kappa shape index (κ1) is 22.0. The number of benzene rings is 2. The van der Waals surface area contributed by atoms with Gasteiger partial charge in [-0.1, -0.05) is 30.3 Å². The Hall–Kier alpha value is -2.71. The highest BCUT2D eigenvalue weighted by Gasteiger charge is 2.17. The number of hydrogen-bond donors (Lipinski definition) is 3. The quantitative estimate of drug-likeness (QED) is 0.599. The number of aliphatic hydroxyl groups is 1. The van der Waals surface area contributed by atoms with Gasteiger partial charge in [0.2, 0.25) is 5.91 Å². The second-order valence-corrected chi connectivity index (χ2v) is 8.20. The van der Waals surface area contributed by atoms with Crippen molar-refractivity contribution in [2.45, 2.75) is 12.5 Å². The molecule has 1 aliphatic heterocycles. The lowest BCUT2D eigenvalue weighted by Gasteiger charge is -2.26. The van der Waals surface area contributed by atoms with E-state index in [1.807, 2.05) is 47.0 Å². The zero-order valence-corrected chi connectivity index (χ0v) is 17.6. The summed E-state index contributed by atoms with van der Waals surface area (Å²) < 4.78 is 5.45. The van der Waals surface area contributed by atoms with E-state index in [1.54, 1.807) is 24.3 Å². The third kappa shape index (κ3) is 7.27. The Kier molecular flexibility index (Phi) is 8.41. The molecular formula is C22H27N3O4S. The monoisotopic (exact) mass is 429 g/mol. The van der Waals surface area contributed by atoms with Crippen molar-refractivity contribution in [2.24, 2.45) is 0 Å². The lowest BCUT2D eigenvalue weighted by molar-refractivity contribution is -0.130. The summed E-state index contributed by atoms with van der Waals surface area (Å²) in [5.41, 5.74) is 1.53. The van der Waals surface area contributed by atoms with Crippen LogP contribution in [0.1, 0.15) is 5.56 Å². The number of hydrogen-bond acceptors (Lipinski definition) is 5. The van der Waals surface area contributed by atoms with Crippen molar-refractivity contribution in [3.05, 3.63) is 60.2 Å². The van der Waals surface area contributed by atoms with Crippen LogP contribution < -0.4 is 15.4 Å². The minimum Gasteiger partial charge on any atom is -0.491 e. The van der Waals surface area contributed by atoms with Crippen molar-refractivity contribution < 1.29 is 19.4 Å². The Morgan fingerprint density at radius 1 is 1.07 bits per heavy atom. The Labute approximate surface area is 180 Å². The number of nitrogens with one attached hydrogen (secondary N) is 2. The molecule has 160 valence electrons. The van der Waals surface area contributed by atoms with Crippen LogP contribution >= 0.6 is 11.8 Å². The van der Waals surface area contributed by atoms with Crippen LogP contribution in [0.15, 0.2) is 54.6 Å². The molecular weight excluding hydrogens is 402 g/mol. The average molecular weight is 430 g/mol. The van der Waals surface area contributed by atoms with Gasteiger partial charge in [-0.25, -0.2) is 4.79 Å². The van der Waals surface area contributed by atoms with Gasteiger partial charge in [0.15, 0.2) is 0 Å². The molecule has 1 fully saturated rings. The number of carbonyl (C=O) groups excluding carboxylic acids is 2. The van der Waals surface area contributed by atoms with E-state index < -0.39 is 12.1 Å². The number of amides is 3. The number of para-hydroxylation sites is 1. The van der Waals surface area contributed by atoms with Gasteiger partial charge in [0.25, 0.3) is 0 Å². The Morgan fingerprint density at radius 2 is 1.77 bits per heavy atom. The summed E-state index contributed by atoms with van der Waals surface area (Å²) in [6.45, 7) is 1.78. The van der Waals surface area contributed by atoms with Gasteiger partial charge in [-0.3, -0.25) is 4.79 Å². The van der Waals surface area contributed by atoms with Crippen LogP contribution in [0.5, 0.6) is 5.75 Å². The molecule has 3 amide bonds. The van der Waals surface area contributed by atoms with E-state index in [9.17, 15) is 14.7 Å². The number of nitrogens with zero attached hydrogens (tertiary/aromatic N) is 1. The fraction of sp³-hybridized carbons (Fsp3) is 0.364. The standard InChI is InChI=1S/C22H27N3O4S/c26-19(16-29-20-4-2-1-3-5-20)15-23-22(28)24-18-8-6-17(7-9-18)14-21(27)25-10-12-30-13-11-25/h1-9,19,26H,10-16H2,(H2,23,24,28). The van der Waals surface area contributed by atoms with E-state index >= 15 is 0 Å². The zero-order valence-electron chi connectivity index (χ0n) is 16.8. The van der Waals surface area contributed by atoms with Gasteiger partial charge >= 0.3 is 6.03 Å². The van der Waals surface area contributed by atoms with E-state index in [4.69, 9.17) is 4.74 Å². The van der Waals surface area contributed by atoms with Crippen molar-refractivity contribution in [3.63, 3.8) is 0 Å². The van der Waals surface area contributed by atoms with Gasteiger partial charge in [-0.2, -0.15) is 11.8 Å². The molecule has 0 aromatic heterocycles. The molecule has 3 rings (SSSR count). The number of aliphatic hydroxyl groups excluding tert-OH is 1. The number of rotatable bonds is 8. The average Bonchev–Trinajstić information content (AvgIpc) is 2.79. The fourth-order valence-electron chi connectivity index (χ4n) is 2.96. The van der Waals surface area contributed by atoms with E-state index in [2.05, 4.69) is 10.6 Å². The largest absolute Gasteiger partial charge is 0.491 e. The van der Waals surface area contributed by atoms with Crippen molar-refractivity contribution in [1.29, 1.82) is 0 Å². The lowest BCUT2D eigenvalue weighted by atomic mass is 10.1. The third-order valence-electron chi connectivity index (χ3n) is 4.61. The molecule has 0 radical (unpaired) electrons. The predicted molar refractivity (Wildman–Crippen MR) is 119 cm³/mol. The minimum absolute atomic E-state index is 0.0688. The summed E-state index contributed by atoms with van der Waals surface area (Å²) in [4.78, 5) is 26.3. The molecule has 30 heavy (non-hydrogen) atoms. The maximum absolute atomic E-state index is 12.3. The highest BCUT2D eigenvalue weighted by molar-refractivity contribution is 7.99. The molecule has 3 N–H and O–H groups in total. The van der Waals surface area contributed by atoms with Crippen LogP contribution in [0.25, 0.3) is 0 Å². The van der Waals surface area contributed by atoms with Crippen LogP contribution in [0.3, 0.4) is 0 Å². The van der Waals surface area contributed by atoms with E-state index in [0.717, 1.165) is 30.2 Å². The third-order valence-corrected chi connectivity index (χ3v) is 5.56. The molecule has 1 unspecified atom stereocenters. The second kappa shape index (κ2) is 11.5. The van der Waals surface area contributed by atoms with Crippen LogP contribution in [0.4, 0.5) is 10.5 Å². The van der Waals surface area contributed by atoms with E-state index in [-0.39, 0.29) is 19.1 Å². The minimum atomic E-state index is -0.822. The summed E-state index contributed by atoms with van der Waals surface area (Å²) in [6, 6.07) is 16.0. The smallest absolute Gasteiger partial charge is 0.319 e. The molecule has 0 saturated carbocycles. The molecule has 2 aromatic rings. The summed E-state index contributed by atoms with van der Waals surface area (Å²) in [5.74, 6) is 2.80. The van der Waals surface area contributed by atoms with Gasteiger partial charge in [-0.15, -0.1) is 0 Å². The van der Waals surface area contributed by atoms with Crippen LogP contribution in [0.2, 0.25) is 0 Å². The molecule has 2 aromatic carbocycles. The summed E-state index contributed by atoms with van der Waals surface area (Å²) in [7, 11) is 0. The van der Waals surface area contributed by atoms with Crippen molar-refractivity contribution >= 4 is 29.4 Å². The maximum Gasteiger partial charge on any atom is 0.319 e. The van der Waals surface area contributed by atoms with Crippen LogP contribution in [0, 0.1) is 0 Å². The number of carbonyl (C=O) groups is 2. The summed E-state index contributed by atoms with van der Waals surface area (Å²) in [6.07, 6.45) is -0.456. The highest BCUT2D eigenvalue weighted by Crippen LogP contribution is 2.14. The first-order valence-electron chi connectivity index (χ1n) is 9.95. The van der Waals surface area contributed by atoms with Crippen LogP contribution in [-0.2, 0) is 11.2 Å². The van der Waals surface area contributed by atoms with Crippen LogP contribution in [-0.4, -0.2) is 65.8 Å². The summed E-state index contributed by atoms with van der Waals surface area (Å²) in [5, 5.41) is 15.3. The number of thioether (sulfide) groups is 1. The molecule has 1 atom stereocenters. The molecule has 8 heteroatoms. The first-order valence-corrected chi connectivity index (χ1v) is 11.1. The van der Waals surface area contributed by atoms with Gasteiger partial charge in [0.05, 0.1) is 6.42 Å². The van der Waals surface area contributed by atoms with Gasteiger partial charge in [0.1, 0.15) is 18.5 Å². The molecule has 1 heterocycles. The SMILES string of the molecule is O=C(NCC(O)COc1ccccc1)Nc1ccc(CC(=O)N2CCSCC2)cc1. The molecule has 1 aliphatic rings. The normalized spacial score (nSPS) is 14.6. The van der Waals surface area contributed by atoms with Gasteiger partial charge in [0, 0.05) is 36.8 Å². The van der Waals surface area contributed by atoms with Gasteiger partial charge in [-0.05, 0) is 29.8 Å². The molecule has 0 bridgehead atoms. The van der Waals surface area contributed by atoms with Crippen molar-refractivity contribution in [3.8, 4) is 5.75 Å². The number of anilines is 1. The van der Waals surface area contributed by atoms with Gasteiger partial charge < -0.3 is 25.4 Å². The second-order valence-electron chi connectivity index (χ2n) is 6.98. The molecule has 7 nitrogen and oxygen atoms in total. The fourth-order valence-corrected chi connectivity index (χ4v) is 3.86. The summed E-state index contributed by atoms with van der Waals surface area (Å²) >= 11 is 1.87. The maximum atomic E-state index is 12.3. The topological polar surface area (TPSA) is 90.9 Å². The zero-order chi connectivity index (χ0) is 21.2.